The second-order valence-electron chi connectivity index (χ2n) is 6.39. The lowest BCUT2D eigenvalue weighted by atomic mass is 10.1. The van der Waals surface area contributed by atoms with Crippen molar-refractivity contribution in [3.05, 3.63) is 71.5 Å². The predicted octanol–water partition coefficient (Wildman–Crippen LogP) is 4.57. The van der Waals surface area contributed by atoms with Gasteiger partial charge < -0.3 is 5.32 Å². The summed E-state index contributed by atoms with van der Waals surface area (Å²) in [6, 6.07) is 17.1. The van der Waals surface area contributed by atoms with E-state index in [-0.39, 0.29) is 0 Å². The second-order valence-corrected chi connectivity index (χ2v) is 6.83. The van der Waals surface area contributed by atoms with Crippen LogP contribution in [0.1, 0.15) is 12.0 Å². The fourth-order valence-electron chi connectivity index (χ4n) is 3.41. The Labute approximate surface area is 147 Å². The Bertz CT molecular complexity index is 826. The molecule has 1 atom stereocenters. The monoisotopic (exact) mass is 337 g/mol. The van der Waals surface area contributed by atoms with Crippen LogP contribution in [0.4, 0.5) is 5.69 Å². The number of benzene rings is 2. The molecule has 0 bridgehead atoms. The van der Waals surface area contributed by atoms with E-state index in [9.17, 15) is 0 Å². The fourth-order valence-corrected chi connectivity index (χ4v) is 3.54. The Morgan fingerprint density at radius 2 is 2.00 bits per heavy atom. The van der Waals surface area contributed by atoms with Crippen molar-refractivity contribution < 1.29 is 0 Å². The molecule has 0 amide bonds. The van der Waals surface area contributed by atoms with E-state index < -0.39 is 0 Å². The lowest BCUT2D eigenvalue weighted by molar-refractivity contribution is 0.328. The zero-order valence-electron chi connectivity index (χ0n) is 13.5. The molecule has 1 aliphatic heterocycles. The summed E-state index contributed by atoms with van der Waals surface area (Å²) in [5, 5.41) is 6.93. The highest BCUT2D eigenvalue weighted by molar-refractivity contribution is 6.30. The average Bonchev–Trinajstić information content (AvgIpc) is 3.04. The molecule has 0 aliphatic carbocycles. The van der Waals surface area contributed by atoms with E-state index in [4.69, 9.17) is 11.6 Å². The van der Waals surface area contributed by atoms with Gasteiger partial charge in [-0.2, -0.15) is 0 Å². The van der Waals surface area contributed by atoms with Crippen LogP contribution in [-0.2, 0) is 6.54 Å². The van der Waals surface area contributed by atoms with Crippen LogP contribution < -0.4 is 5.32 Å². The smallest absolute Gasteiger partial charge is 0.0423 e. The van der Waals surface area contributed by atoms with Crippen molar-refractivity contribution in [3.8, 4) is 0 Å². The summed E-state index contributed by atoms with van der Waals surface area (Å²) in [7, 11) is 0. The number of aromatic nitrogens is 1. The molecule has 3 aromatic rings. The maximum atomic E-state index is 5.96. The number of hydrogen-bond donors (Lipinski definition) is 1. The van der Waals surface area contributed by atoms with Crippen LogP contribution in [0, 0.1) is 0 Å². The van der Waals surface area contributed by atoms with Crippen molar-refractivity contribution in [1.29, 1.82) is 0 Å². The summed E-state index contributed by atoms with van der Waals surface area (Å²) in [5.74, 6) is 0. The van der Waals surface area contributed by atoms with Crippen LogP contribution in [-0.4, -0.2) is 29.0 Å². The Balaban J connectivity index is 1.42. The van der Waals surface area contributed by atoms with Crippen molar-refractivity contribution in [2.75, 3.05) is 18.4 Å². The molecule has 0 radical (unpaired) electrons. The molecule has 24 heavy (non-hydrogen) atoms. The number of likely N-dealkylation sites (tertiary alicyclic amines) is 1. The van der Waals surface area contributed by atoms with Gasteiger partial charge in [0.1, 0.15) is 0 Å². The molecular formula is C20H20ClN3. The van der Waals surface area contributed by atoms with Gasteiger partial charge in [0.15, 0.2) is 0 Å². The van der Waals surface area contributed by atoms with Crippen LogP contribution >= 0.6 is 11.6 Å². The first-order valence-corrected chi connectivity index (χ1v) is 8.72. The van der Waals surface area contributed by atoms with E-state index in [1.165, 1.54) is 22.0 Å². The molecule has 1 N–H and O–H groups in total. The molecule has 0 unspecified atom stereocenters. The van der Waals surface area contributed by atoms with Crippen LogP contribution in [0.5, 0.6) is 0 Å². The summed E-state index contributed by atoms with van der Waals surface area (Å²) >= 11 is 5.96. The average molecular weight is 338 g/mol. The van der Waals surface area contributed by atoms with E-state index in [1.807, 2.05) is 24.5 Å². The molecule has 122 valence electrons. The molecule has 0 spiro atoms. The highest BCUT2D eigenvalue weighted by atomic mass is 35.5. The zero-order valence-corrected chi connectivity index (χ0v) is 14.2. The summed E-state index contributed by atoms with van der Waals surface area (Å²) in [6.07, 6.45) is 4.94. The first kappa shape index (κ1) is 15.4. The first-order chi connectivity index (χ1) is 11.8. The van der Waals surface area contributed by atoms with Gasteiger partial charge in [0.2, 0.25) is 0 Å². The van der Waals surface area contributed by atoms with Gasteiger partial charge in [-0.1, -0.05) is 35.9 Å². The largest absolute Gasteiger partial charge is 0.380 e. The third-order valence-corrected chi connectivity index (χ3v) is 4.88. The third-order valence-electron chi connectivity index (χ3n) is 4.63. The number of hydrogen-bond acceptors (Lipinski definition) is 3. The highest BCUT2D eigenvalue weighted by Gasteiger charge is 2.22. The molecule has 4 heteroatoms. The van der Waals surface area contributed by atoms with E-state index in [0.29, 0.717) is 6.04 Å². The molecule has 1 fully saturated rings. The summed E-state index contributed by atoms with van der Waals surface area (Å²) < 4.78 is 0. The number of fused-ring (bicyclic) bond motifs is 1. The number of nitrogens with zero attached hydrogens (tertiary/aromatic N) is 2. The molecular weight excluding hydrogens is 318 g/mol. The summed E-state index contributed by atoms with van der Waals surface area (Å²) in [5.41, 5.74) is 2.52. The second kappa shape index (κ2) is 6.80. The quantitative estimate of drug-likeness (QED) is 0.755. The van der Waals surface area contributed by atoms with Gasteiger partial charge in [0, 0.05) is 59.6 Å². The minimum Gasteiger partial charge on any atom is -0.380 e. The van der Waals surface area contributed by atoms with Crippen molar-refractivity contribution in [2.45, 2.75) is 19.0 Å². The standard InChI is InChI=1S/C20H20ClN3/c21-17-6-4-15(5-7-17)13-24-11-9-18(14-24)23-20-3-1-2-16-12-22-10-8-19(16)20/h1-8,10,12,18,23H,9,11,13-14H2/t18-/m0/s1. The van der Waals surface area contributed by atoms with Crippen molar-refractivity contribution in [1.82, 2.24) is 9.88 Å². The fraction of sp³-hybridized carbons (Fsp3) is 0.250. The minimum atomic E-state index is 0.482. The van der Waals surface area contributed by atoms with Gasteiger partial charge in [-0.3, -0.25) is 9.88 Å². The lowest BCUT2D eigenvalue weighted by Crippen LogP contribution is -2.26. The summed E-state index contributed by atoms with van der Waals surface area (Å²) in [6.45, 7) is 3.16. The van der Waals surface area contributed by atoms with Gasteiger partial charge in [-0.15, -0.1) is 0 Å². The maximum absolute atomic E-state index is 5.96. The number of anilines is 1. The van der Waals surface area contributed by atoms with Crippen molar-refractivity contribution >= 4 is 28.1 Å². The SMILES string of the molecule is Clc1ccc(CN2CC[C@H](Nc3cccc4cnccc34)C2)cc1. The van der Waals surface area contributed by atoms with E-state index >= 15 is 0 Å². The molecule has 3 nitrogen and oxygen atoms in total. The van der Waals surface area contributed by atoms with Gasteiger partial charge in [0.25, 0.3) is 0 Å². The number of nitrogens with one attached hydrogen (secondary N) is 1. The molecule has 1 saturated heterocycles. The first-order valence-electron chi connectivity index (χ1n) is 8.34. The van der Waals surface area contributed by atoms with E-state index in [2.05, 4.69) is 51.6 Å². The van der Waals surface area contributed by atoms with Crippen LogP contribution in [0.15, 0.2) is 60.9 Å². The van der Waals surface area contributed by atoms with E-state index in [0.717, 1.165) is 31.1 Å². The normalized spacial score (nSPS) is 18.1. The van der Waals surface area contributed by atoms with Gasteiger partial charge >= 0.3 is 0 Å². The van der Waals surface area contributed by atoms with Crippen molar-refractivity contribution in [2.24, 2.45) is 0 Å². The molecule has 2 aromatic carbocycles. The predicted molar refractivity (Wildman–Crippen MR) is 100 cm³/mol. The van der Waals surface area contributed by atoms with Crippen LogP contribution in [0.2, 0.25) is 5.02 Å². The van der Waals surface area contributed by atoms with Gasteiger partial charge in [-0.05, 0) is 36.2 Å². The van der Waals surface area contributed by atoms with Gasteiger partial charge in [0.05, 0.1) is 0 Å². The number of halogens is 1. The Kier molecular flexibility index (Phi) is 4.37. The lowest BCUT2D eigenvalue weighted by Gasteiger charge is -2.18. The summed E-state index contributed by atoms with van der Waals surface area (Å²) in [4.78, 5) is 6.70. The molecule has 1 aliphatic rings. The number of pyridine rings is 1. The molecule has 2 heterocycles. The molecule has 0 saturated carbocycles. The van der Waals surface area contributed by atoms with E-state index in [1.54, 1.807) is 0 Å². The Hall–Kier alpha value is -2.10. The van der Waals surface area contributed by atoms with Gasteiger partial charge in [-0.25, -0.2) is 0 Å². The van der Waals surface area contributed by atoms with Crippen molar-refractivity contribution in [3.63, 3.8) is 0 Å². The maximum Gasteiger partial charge on any atom is 0.0423 e. The zero-order chi connectivity index (χ0) is 16.4. The third kappa shape index (κ3) is 3.37. The molecule has 1 aromatic heterocycles. The molecule has 4 rings (SSSR count). The minimum absolute atomic E-state index is 0.482. The highest BCUT2D eigenvalue weighted by Crippen LogP contribution is 2.25. The van der Waals surface area contributed by atoms with Crippen LogP contribution in [0.25, 0.3) is 10.8 Å². The topological polar surface area (TPSA) is 28.2 Å². The number of rotatable bonds is 4. The Morgan fingerprint density at radius 1 is 1.12 bits per heavy atom. The Morgan fingerprint density at radius 3 is 2.88 bits per heavy atom. The van der Waals surface area contributed by atoms with Crippen LogP contribution in [0.3, 0.4) is 0 Å².